The molecule has 0 saturated carbocycles. The van der Waals surface area contributed by atoms with E-state index in [-0.39, 0.29) is 35.3 Å². The Labute approximate surface area is 171 Å². The number of nitrogens with one attached hydrogen (secondary N) is 3. The van der Waals surface area contributed by atoms with E-state index in [1.807, 2.05) is 0 Å². The molecule has 0 radical (unpaired) electrons. The lowest BCUT2D eigenvalue weighted by atomic mass is 9.98. The van der Waals surface area contributed by atoms with Crippen LogP contribution in [0.4, 0.5) is 5.69 Å². The van der Waals surface area contributed by atoms with Crippen LogP contribution in [0.1, 0.15) is 30.3 Å². The van der Waals surface area contributed by atoms with Crippen molar-refractivity contribution in [1.82, 2.24) is 15.6 Å². The van der Waals surface area contributed by atoms with Crippen molar-refractivity contribution in [3.8, 4) is 0 Å². The Kier molecular flexibility index (Phi) is 6.45. The van der Waals surface area contributed by atoms with Crippen LogP contribution in [0.15, 0.2) is 36.4 Å². The monoisotopic (exact) mass is 414 g/mol. The third-order valence-corrected chi connectivity index (χ3v) is 4.84. The fraction of sp³-hybridized carbons (Fsp3) is 0.350. The van der Waals surface area contributed by atoms with E-state index in [0.29, 0.717) is 24.8 Å². The second-order valence-corrected chi connectivity index (χ2v) is 6.88. The lowest BCUT2D eigenvalue weighted by molar-refractivity contribution is -0.383. The molecule has 3 N–H and O–H groups in total. The summed E-state index contributed by atoms with van der Waals surface area (Å²) in [6.07, 6.45) is 3.66. The molecular weight excluding hydrogens is 392 g/mol. The summed E-state index contributed by atoms with van der Waals surface area (Å²) in [6.45, 7) is 2.47. The molecule has 1 aliphatic rings. The normalized spacial score (nSPS) is 17.1. The van der Waals surface area contributed by atoms with Crippen LogP contribution in [0.25, 0.3) is 10.9 Å². The number of hydrogen-bond donors (Lipinski definition) is 3. The summed E-state index contributed by atoms with van der Waals surface area (Å²) in [5.74, 6) is -1.43. The van der Waals surface area contributed by atoms with Crippen molar-refractivity contribution in [3.63, 3.8) is 0 Å². The lowest BCUT2D eigenvalue weighted by Crippen LogP contribution is -2.36. The third kappa shape index (κ3) is 4.83. The van der Waals surface area contributed by atoms with Gasteiger partial charge < -0.3 is 20.4 Å². The first kappa shape index (κ1) is 21.0. The number of aromatic amines is 1. The summed E-state index contributed by atoms with van der Waals surface area (Å²) in [6, 6.07) is 5.48. The number of nitrogens with zero attached hydrogens (tertiary/aromatic N) is 1. The zero-order valence-corrected chi connectivity index (χ0v) is 16.3. The molecule has 2 heterocycles. The van der Waals surface area contributed by atoms with Gasteiger partial charge in [0, 0.05) is 36.0 Å². The molecule has 2 amide bonds. The Morgan fingerprint density at radius 1 is 1.43 bits per heavy atom. The average molecular weight is 414 g/mol. The predicted octanol–water partition coefficient (Wildman–Crippen LogP) is 1.82. The maximum atomic E-state index is 12.8. The number of rotatable bonds is 8. The fourth-order valence-corrected chi connectivity index (χ4v) is 3.41. The Morgan fingerprint density at radius 2 is 2.23 bits per heavy atom. The number of carbonyl (C=O) groups excluding carboxylic acids is 3. The third-order valence-electron chi connectivity index (χ3n) is 4.84. The van der Waals surface area contributed by atoms with Crippen LogP contribution in [-0.4, -0.2) is 46.9 Å². The zero-order chi connectivity index (χ0) is 21.7. The van der Waals surface area contributed by atoms with E-state index in [1.165, 1.54) is 24.3 Å². The zero-order valence-electron chi connectivity index (χ0n) is 16.3. The van der Waals surface area contributed by atoms with Crippen molar-refractivity contribution in [1.29, 1.82) is 0 Å². The van der Waals surface area contributed by atoms with Gasteiger partial charge in [0.15, 0.2) is 0 Å². The number of benzene rings is 1. The Hall–Kier alpha value is -3.69. The van der Waals surface area contributed by atoms with E-state index in [2.05, 4.69) is 15.6 Å². The number of para-hydroxylation sites is 1. The van der Waals surface area contributed by atoms with Gasteiger partial charge in [-0.25, -0.2) is 4.79 Å². The largest absolute Gasteiger partial charge is 0.463 e. The molecule has 2 aromatic rings. The summed E-state index contributed by atoms with van der Waals surface area (Å²) >= 11 is 0. The van der Waals surface area contributed by atoms with Gasteiger partial charge in [0.2, 0.25) is 5.91 Å². The number of nitro groups is 1. The predicted molar refractivity (Wildman–Crippen MR) is 108 cm³/mol. The Morgan fingerprint density at radius 3 is 2.90 bits per heavy atom. The molecule has 0 aliphatic carbocycles. The van der Waals surface area contributed by atoms with Gasteiger partial charge in [0.25, 0.3) is 11.6 Å². The first-order valence-corrected chi connectivity index (χ1v) is 9.58. The van der Waals surface area contributed by atoms with E-state index >= 15 is 0 Å². The van der Waals surface area contributed by atoms with Crippen molar-refractivity contribution in [2.24, 2.45) is 5.92 Å². The highest BCUT2D eigenvalue weighted by Crippen LogP contribution is 2.25. The molecule has 10 heteroatoms. The van der Waals surface area contributed by atoms with Crippen LogP contribution in [0, 0.1) is 16.0 Å². The van der Waals surface area contributed by atoms with Crippen molar-refractivity contribution < 1.29 is 24.0 Å². The quantitative estimate of drug-likeness (QED) is 0.260. The molecule has 0 spiro atoms. The maximum Gasteiger partial charge on any atom is 0.330 e. The topological polar surface area (TPSA) is 143 Å². The van der Waals surface area contributed by atoms with E-state index in [4.69, 9.17) is 4.74 Å². The second-order valence-electron chi connectivity index (χ2n) is 6.88. The number of hydrogen-bond acceptors (Lipinski definition) is 6. The number of H-pyrrole nitrogens is 1. The number of esters is 1. The number of nitro benzene ring substituents is 1. The highest BCUT2D eigenvalue weighted by molar-refractivity contribution is 6.00. The molecule has 10 nitrogen and oxygen atoms in total. The van der Waals surface area contributed by atoms with Crippen LogP contribution in [0.5, 0.6) is 0 Å². The Balaban J connectivity index is 1.80. The molecule has 0 unspecified atom stereocenters. The van der Waals surface area contributed by atoms with E-state index in [9.17, 15) is 24.5 Å². The van der Waals surface area contributed by atoms with Gasteiger partial charge >= 0.3 is 5.97 Å². The van der Waals surface area contributed by atoms with Gasteiger partial charge in [0.05, 0.1) is 11.5 Å². The van der Waals surface area contributed by atoms with E-state index in [0.717, 1.165) is 0 Å². The van der Waals surface area contributed by atoms with Crippen molar-refractivity contribution >= 4 is 34.4 Å². The number of aromatic nitrogens is 1. The molecule has 1 saturated heterocycles. The van der Waals surface area contributed by atoms with Gasteiger partial charge in [0.1, 0.15) is 11.2 Å². The highest BCUT2D eigenvalue weighted by atomic mass is 16.6. The summed E-state index contributed by atoms with van der Waals surface area (Å²) in [7, 11) is 0. The summed E-state index contributed by atoms with van der Waals surface area (Å²) in [5, 5.41) is 17.2. The minimum absolute atomic E-state index is 0.0972. The first-order chi connectivity index (χ1) is 14.4. The number of amides is 2. The number of fused-ring (bicyclic) bond motifs is 1. The molecule has 2 atom stereocenters. The van der Waals surface area contributed by atoms with Gasteiger partial charge in [-0.05, 0) is 25.8 Å². The van der Waals surface area contributed by atoms with Crippen molar-refractivity contribution in [3.05, 3.63) is 52.2 Å². The Bertz CT molecular complexity index is 1010. The van der Waals surface area contributed by atoms with Gasteiger partial charge in [-0.1, -0.05) is 18.2 Å². The smallest absolute Gasteiger partial charge is 0.330 e. The molecule has 1 fully saturated rings. The molecule has 1 aliphatic heterocycles. The van der Waals surface area contributed by atoms with Gasteiger partial charge in [-0.3, -0.25) is 19.7 Å². The van der Waals surface area contributed by atoms with E-state index < -0.39 is 22.8 Å². The summed E-state index contributed by atoms with van der Waals surface area (Å²) in [4.78, 5) is 49.8. The van der Waals surface area contributed by atoms with Crippen LogP contribution in [0.2, 0.25) is 0 Å². The molecule has 3 rings (SSSR count). The molecular formula is C20H22N4O6. The van der Waals surface area contributed by atoms with E-state index in [1.54, 1.807) is 19.1 Å². The number of non-ortho nitro benzene ring substituents is 1. The SMILES string of the molecule is CCOC(=O)/C=C/[C@H](C[C@@H]1CCNC1=O)NC(=O)c1cc2cccc([N+](=O)[O-])c2[nH]1. The summed E-state index contributed by atoms with van der Waals surface area (Å²) in [5.41, 5.74) is 0.263. The number of carbonyl (C=O) groups is 3. The standard InChI is InChI=1S/C20H22N4O6/c1-2-30-17(25)7-6-14(10-13-8-9-21-19(13)26)22-20(27)15-11-12-4-3-5-16(24(28)29)18(12)23-15/h3-7,11,13-14,23H,2,8-10H2,1H3,(H,21,26)(H,22,27)/b7-6+/t13-,14+/m0/s1. The minimum atomic E-state index is -0.600. The molecule has 1 aromatic heterocycles. The van der Waals surface area contributed by atoms with Crippen LogP contribution < -0.4 is 10.6 Å². The van der Waals surface area contributed by atoms with Crippen LogP contribution >= 0.6 is 0 Å². The summed E-state index contributed by atoms with van der Waals surface area (Å²) < 4.78 is 4.86. The fourth-order valence-electron chi connectivity index (χ4n) is 3.41. The van der Waals surface area contributed by atoms with Crippen molar-refractivity contribution in [2.45, 2.75) is 25.8 Å². The van der Waals surface area contributed by atoms with Crippen LogP contribution in [-0.2, 0) is 14.3 Å². The van der Waals surface area contributed by atoms with Crippen molar-refractivity contribution in [2.75, 3.05) is 13.2 Å². The second kappa shape index (κ2) is 9.21. The van der Waals surface area contributed by atoms with Crippen LogP contribution in [0.3, 0.4) is 0 Å². The maximum absolute atomic E-state index is 12.8. The average Bonchev–Trinajstić information content (AvgIpc) is 3.32. The molecule has 1 aromatic carbocycles. The molecule has 30 heavy (non-hydrogen) atoms. The van der Waals surface area contributed by atoms with Gasteiger partial charge in [-0.2, -0.15) is 0 Å². The lowest BCUT2D eigenvalue weighted by Gasteiger charge is -2.17. The number of ether oxygens (including phenoxy) is 1. The first-order valence-electron chi connectivity index (χ1n) is 9.58. The van der Waals surface area contributed by atoms with Gasteiger partial charge in [-0.15, -0.1) is 0 Å². The minimum Gasteiger partial charge on any atom is -0.463 e. The highest BCUT2D eigenvalue weighted by Gasteiger charge is 2.27. The molecule has 0 bridgehead atoms. The molecule has 158 valence electrons.